The largest absolute Gasteiger partial charge is 0.462 e. The van der Waals surface area contributed by atoms with Crippen LogP contribution < -0.4 is 0 Å². The Kier molecular flexibility index (Phi) is 2.63. The third kappa shape index (κ3) is 1.72. The Morgan fingerprint density at radius 1 is 1.67 bits per heavy atom. The lowest BCUT2D eigenvalue weighted by atomic mass is 10.3. The smallest absolute Gasteiger partial charge is 0.343 e. The van der Waals surface area contributed by atoms with Crippen LogP contribution in [0.5, 0.6) is 5.88 Å². The molecular formula is C8H8NO3. The number of carbonyl (C=O) groups excluding carboxylic acids is 1. The maximum absolute atomic E-state index is 11.0. The second kappa shape index (κ2) is 3.71. The van der Waals surface area contributed by atoms with Crippen molar-refractivity contribution >= 4 is 5.97 Å². The van der Waals surface area contributed by atoms with Crippen molar-refractivity contribution in [1.29, 1.82) is 0 Å². The molecule has 0 amide bonds. The molecule has 0 saturated heterocycles. The van der Waals surface area contributed by atoms with Gasteiger partial charge in [0.1, 0.15) is 5.56 Å². The van der Waals surface area contributed by atoms with Crippen LogP contribution in [0.25, 0.3) is 0 Å². The standard InChI is InChI=1S/C8H8NO3/c1-2-12-8(11)6-4-3-5-9-7(6)10/h3-5H,2H2,1H3. The van der Waals surface area contributed by atoms with Gasteiger partial charge in [0, 0.05) is 6.20 Å². The molecule has 1 heterocycles. The Morgan fingerprint density at radius 3 is 3.00 bits per heavy atom. The van der Waals surface area contributed by atoms with Crippen LogP contribution in [0.15, 0.2) is 18.3 Å². The molecule has 12 heavy (non-hydrogen) atoms. The van der Waals surface area contributed by atoms with Crippen molar-refractivity contribution in [3.05, 3.63) is 23.9 Å². The van der Waals surface area contributed by atoms with Crippen LogP contribution in [0, 0.1) is 0 Å². The quantitative estimate of drug-likeness (QED) is 0.624. The van der Waals surface area contributed by atoms with E-state index in [0.717, 1.165) is 0 Å². The summed E-state index contributed by atoms with van der Waals surface area (Å²) in [5.41, 5.74) is -0.0145. The zero-order valence-corrected chi connectivity index (χ0v) is 6.61. The molecule has 0 aliphatic heterocycles. The van der Waals surface area contributed by atoms with Crippen molar-refractivity contribution in [3.8, 4) is 5.88 Å². The number of hydrogen-bond donors (Lipinski definition) is 0. The summed E-state index contributed by atoms with van der Waals surface area (Å²) in [6, 6.07) is 2.92. The number of ether oxygens (including phenoxy) is 1. The maximum Gasteiger partial charge on any atom is 0.343 e. The van der Waals surface area contributed by atoms with Gasteiger partial charge in [0.05, 0.1) is 6.61 Å². The van der Waals surface area contributed by atoms with E-state index in [9.17, 15) is 9.90 Å². The van der Waals surface area contributed by atoms with E-state index < -0.39 is 11.8 Å². The molecule has 1 aromatic heterocycles. The van der Waals surface area contributed by atoms with Gasteiger partial charge in [-0.15, -0.1) is 0 Å². The number of rotatable bonds is 2. The molecule has 0 aromatic carbocycles. The molecule has 0 unspecified atom stereocenters. The van der Waals surface area contributed by atoms with Gasteiger partial charge in [-0.3, -0.25) is 5.11 Å². The fourth-order valence-electron chi connectivity index (χ4n) is 0.755. The van der Waals surface area contributed by atoms with Gasteiger partial charge in [-0.2, -0.15) is 0 Å². The van der Waals surface area contributed by atoms with Gasteiger partial charge in [0.25, 0.3) is 5.88 Å². The molecule has 0 fully saturated rings. The first kappa shape index (κ1) is 8.52. The highest BCUT2D eigenvalue weighted by atomic mass is 16.5. The van der Waals surface area contributed by atoms with Crippen LogP contribution in [0.2, 0.25) is 0 Å². The lowest BCUT2D eigenvalue weighted by Gasteiger charge is -1.99. The van der Waals surface area contributed by atoms with Crippen molar-refractivity contribution in [1.82, 2.24) is 4.98 Å². The zero-order valence-electron chi connectivity index (χ0n) is 6.61. The second-order valence-corrected chi connectivity index (χ2v) is 2.08. The first-order valence-corrected chi connectivity index (χ1v) is 3.55. The molecule has 4 heteroatoms. The average molecular weight is 166 g/mol. The minimum Gasteiger partial charge on any atom is -0.462 e. The van der Waals surface area contributed by atoms with Crippen molar-refractivity contribution < 1.29 is 14.6 Å². The molecule has 63 valence electrons. The topological polar surface area (TPSA) is 59.1 Å². The number of pyridine rings is 1. The molecular weight excluding hydrogens is 158 g/mol. The van der Waals surface area contributed by atoms with Crippen LogP contribution >= 0.6 is 0 Å². The van der Waals surface area contributed by atoms with Crippen LogP contribution in [0.1, 0.15) is 17.3 Å². The number of carbonyl (C=O) groups is 1. The minimum atomic E-state index is -0.615. The van der Waals surface area contributed by atoms with Gasteiger partial charge in [0.15, 0.2) is 0 Å². The van der Waals surface area contributed by atoms with Crippen LogP contribution in [0.4, 0.5) is 0 Å². The molecule has 0 aliphatic carbocycles. The Hall–Kier alpha value is -1.58. The van der Waals surface area contributed by atoms with Crippen LogP contribution in [-0.2, 0) is 9.84 Å². The fourth-order valence-corrected chi connectivity index (χ4v) is 0.755. The zero-order chi connectivity index (χ0) is 8.97. The highest BCUT2D eigenvalue weighted by Gasteiger charge is 2.12. The number of hydrogen-bond acceptors (Lipinski definition) is 3. The van der Waals surface area contributed by atoms with Crippen molar-refractivity contribution in [2.45, 2.75) is 6.92 Å². The van der Waals surface area contributed by atoms with Gasteiger partial charge in [-0.1, -0.05) is 0 Å². The van der Waals surface area contributed by atoms with E-state index >= 15 is 0 Å². The lowest BCUT2D eigenvalue weighted by Crippen LogP contribution is -2.04. The molecule has 0 bridgehead atoms. The van der Waals surface area contributed by atoms with Crippen LogP contribution in [0.3, 0.4) is 0 Å². The molecule has 1 radical (unpaired) electrons. The normalized spacial score (nSPS) is 9.42. The Labute approximate surface area is 69.8 Å². The predicted molar refractivity (Wildman–Crippen MR) is 40.3 cm³/mol. The van der Waals surface area contributed by atoms with E-state index in [2.05, 4.69) is 9.72 Å². The molecule has 0 N–H and O–H groups in total. The number of nitrogens with zero attached hydrogens (tertiary/aromatic N) is 1. The Balaban J connectivity index is 2.87. The van der Waals surface area contributed by atoms with Crippen LogP contribution in [-0.4, -0.2) is 17.6 Å². The van der Waals surface area contributed by atoms with E-state index in [4.69, 9.17) is 0 Å². The van der Waals surface area contributed by atoms with Gasteiger partial charge in [0.2, 0.25) is 0 Å². The summed E-state index contributed by atoms with van der Waals surface area (Å²) >= 11 is 0. The first-order valence-electron chi connectivity index (χ1n) is 3.55. The molecule has 1 rings (SSSR count). The molecule has 0 spiro atoms. The van der Waals surface area contributed by atoms with E-state index in [1.165, 1.54) is 18.3 Å². The molecule has 0 aliphatic rings. The van der Waals surface area contributed by atoms with E-state index in [-0.39, 0.29) is 12.2 Å². The summed E-state index contributed by atoms with van der Waals surface area (Å²) in [5.74, 6) is -1.16. The molecule has 4 nitrogen and oxygen atoms in total. The predicted octanol–water partition coefficient (Wildman–Crippen LogP) is 1.40. The molecule has 0 atom stereocenters. The highest BCUT2D eigenvalue weighted by Crippen LogP contribution is 2.13. The molecule has 0 saturated carbocycles. The summed E-state index contributed by atoms with van der Waals surface area (Å²) in [6.07, 6.45) is 1.34. The monoisotopic (exact) mass is 166 g/mol. The van der Waals surface area contributed by atoms with Crippen molar-refractivity contribution in [3.63, 3.8) is 0 Å². The van der Waals surface area contributed by atoms with Gasteiger partial charge >= 0.3 is 5.97 Å². The lowest BCUT2D eigenvalue weighted by molar-refractivity contribution is 0.0520. The van der Waals surface area contributed by atoms with Gasteiger partial charge in [-0.05, 0) is 19.1 Å². The van der Waals surface area contributed by atoms with E-state index in [1.807, 2.05) is 0 Å². The third-order valence-corrected chi connectivity index (χ3v) is 1.27. The van der Waals surface area contributed by atoms with E-state index in [0.29, 0.717) is 0 Å². The maximum atomic E-state index is 11.0. The fraction of sp³-hybridized carbons (Fsp3) is 0.250. The third-order valence-electron chi connectivity index (χ3n) is 1.27. The number of aromatic nitrogens is 1. The van der Waals surface area contributed by atoms with E-state index in [1.54, 1.807) is 6.92 Å². The minimum absolute atomic E-state index is 0.0145. The summed E-state index contributed by atoms with van der Waals surface area (Å²) in [5, 5.41) is 10.9. The number of esters is 1. The van der Waals surface area contributed by atoms with Gasteiger partial charge < -0.3 is 4.74 Å². The Morgan fingerprint density at radius 2 is 2.42 bits per heavy atom. The average Bonchev–Trinajstić information content (AvgIpc) is 2.05. The Bertz CT molecular complexity index is 285. The first-order chi connectivity index (χ1) is 5.75. The van der Waals surface area contributed by atoms with Crippen molar-refractivity contribution in [2.24, 2.45) is 0 Å². The highest BCUT2D eigenvalue weighted by molar-refractivity contribution is 5.91. The molecule has 1 aromatic rings. The summed E-state index contributed by atoms with van der Waals surface area (Å²) < 4.78 is 4.63. The summed E-state index contributed by atoms with van der Waals surface area (Å²) in [6.45, 7) is 1.94. The summed E-state index contributed by atoms with van der Waals surface area (Å²) in [4.78, 5) is 14.4. The van der Waals surface area contributed by atoms with Gasteiger partial charge in [-0.25, -0.2) is 9.78 Å². The van der Waals surface area contributed by atoms with Crippen molar-refractivity contribution in [2.75, 3.05) is 6.61 Å². The SMILES string of the molecule is CCOC(=O)c1cccnc1[O]. The summed E-state index contributed by atoms with van der Waals surface area (Å²) in [7, 11) is 0. The second-order valence-electron chi connectivity index (χ2n) is 2.08.